The lowest BCUT2D eigenvalue weighted by Gasteiger charge is -2.22. The first-order valence-electron chi connectivity index (χ1n) is 12.1. The van der Waals surface area contributed by atoms with Gasteiger partial charge in [-0.15, -0.1) is 0 Å². The average molecular weight is 567 g/mol. The third kappa shape index (κ3) is 5.15. The number of hydrogen-bond acceptors (Lipinski definition) is 3. The van der Waals surface area contributed by atoms with E-state index in [1.54, 1.807) is 24.3 Å². The molecule has 0 saturated carbocycles. The van der Waals surface area contributed by atoms with Gasteiger partial charge < -0.3 is 9.88 Å². The second kappa shape index (κ2) is 10.8. The molecule has 1 aromatic heterocycles. The van der Waals surface area contributed by atoms with Crippen molar-refractivity contribution in [3.63, 3.8) is 0 Å². The van der Waals surface area contributed by atoms with Crippen LogP contribution in [0.2, 0.25) is 10.0 Å². The summed E-state index contributed by atoms with van der Waals surface area (Å²) in [6, 6.07) is 26.7. The van der Waals surface area contributed by atoms with E-state index in [0.717, 1.165) is 32.7 Å². The Balaban J connectivity index is 1.45. The van der Waals surface area contributed by atoms with Crippen LogP contribution in [0, 0.1) is 0 Å². The molecule has 0 unspecified atom stereocenters. The predicted molar refractivity (Wildman–Crippen MR) is 154 cm³/mol. The van der Waals surface area contributed by atoms with Gasteiger partial charge in [-0.3, -0.25) is 4.79 Å². The topological polar surface area (TPSA) is 71.4 Å². The number of amides is 1. The Bertz CT molecular complexity index is 1750. The van der Waals surface area contributed by atoms with Crippen LogP contribution in [-0.4, -0.2) is 29.7 Å². The summed E-state index contributed by atoms with van der Waals surface area (Å²) in [6.45, 7) is 2.44. The van der Waals surface area contributed by atoms with Gasteiger partial charge in [-0.25, -0.2) is 8.42 Å². The molecule has 1 heterocycles. The van der Waals surface area contributed by atoms with E-state index in [1.807, 2.05) is 30.3 Å². The molecule has 0 fully saturated rings. The fourth-order valence-electron chi connectivity index (χ4n) is 4.63. The number of rotatable bonds is 8. The van der Waals surface area contributed by atoms with E-state index in [0.29, 0.717) is 21.3 Å². The fourth-order valence-corrected chi connectivity index (χ4v) is 6.33. The lowest BCUT2D eigenvalue weighted by atomic mass is 10.1. The van der Waals surface area contributed by atoms with E-state index >= 15 is 0 Å². The van der Waals surface area contributed by atoms with Crippen molar-refractivity contribution < 1.29 is 13.2 Å². The predicted octanol–water partition coefficient (Wildman–Crippen LogP) is 6.95. The minimum atomic E-state index is -4.03. The first-order chi connectivity index (χ1) is 18.3. The van der Waals surface area contributed by atoms with Crippen LogP contribution in [0.1, 0.15) is 12.5 Å². The first kappa shape index (κ1) is 26.3. The quantitative estimate of drug-likeness (QED) is 0.221. The third-order valence-corrected chi connectivity index (χ3v) is 8.87. The second-order valence-electron chi connectivity index (χ2n) is 8.86. The van der Waals surface area contributed by atoms with E-state index in [1.165, 1.54) is 24.3 Å². The summed E-state index contributed by atoms with van der Waals surface area (Å²) in [5.41, 5.74) is 3.36. The van der Waals surface area contributed by atoms with Crippen LogP contribution >= 0.6 is 23.2 Å². The highest BCUT2D eigenvalue weighted by Gasteiger charge is 2.28. The molecule has 5 rings (SSSR count). The van der Waals surface area contributed by atoms with Crippen molar-refractivity contribution in [2.24, 2.45) is 0 Å². The number of nitrogens with one attached hydrogen (secondary N) is 1. The molecule has 0 spiro atoms. The molecule has 6 nitrogen and oxygen atoms in total. The molecule has 0 aliphatic heterocycles. The summed E-state index contributed by atoms with van der Waals surface area (Å²) < 4.78 is 30.5. The van der Waals surface area contributed by atoms with Gasteiger partial charge in [0.25, 0.3) is 0 Å². The van der Waals surface area contributed by atoms with Crippen LogP contribution in [0.15, 0.2) is 95.9 Å². The Hall–Kier alpha value is -3.36. The smallest absolute Gasteiger partial charge is 0.243 e. The second-order valence-corrected chi connectivity index (χ2v) is 11.6. The Labute approximate surface area is 231 Å². The third-order valence-electron chi connectivity index (χ3n) is 6.45. The number of aryl methyl sites for hydroxylation is 1. The number of nitrogens with zero attached hydrogens (tertiary/aromatic N) is 2. The van der Waals surface area contributed by atoms with Gasteiger partial charge in [-0.2, -0.15) is 4.31 Å². The summed E-state index contributed by atoms with van der Waals surface area (Å²) in [6.07, 6.45) is 0. The van der Waals surface area contributed by atoms with Crippen LogP contribution in [0.25, 0.3) is 21.8 Å². The van der Waals surface area contributed by atoms with Gasteiger partial charge in [-0.05, 0) is 67.1 Å². The number of para-hydroxylation sites is 1. The van der Waals surface area contributed by atoms with Crippen molar-refractivity contribution in [3.8, 4) is 0 Å². The molecule has 0 bridgehead atoms. The minimum Gasteiger partial charge on any atom is -0.341 e. The monoisotopic (exact) mass is 565 g/mol. The molecule has 38 heavy (non-hydrogen) atoms. The highest BCUT2D eigenvalue weighted by atomic mass is 35.5. The Morgan fingerprint density at radius 1 is 0.868 bits per heavy atom. The number of carbonyl (C=O) groups excluding carboxylic acids is 1. The van der Waals surface area contributed by atoms with E-state index in [4.69, 9.17) is 23.2 Å². The van der Waals surface area contributed by atoms with Crippen LogP contribution in [0.5, 0.6) is 0 Å². The first-order valence-corrected chi connectivity index (χ1v) is 14.3. The van der Waals surface area contributed by atoms with Crippen molar-refractivity contribution in [1.29, 1.82) is 0 Å². The van der Waals surface area contributed by atoms with E-state index < -0.39 is 22.5 Å². The molecule has 1 amide bonds. The number of anilines is 1. The Morgan fingerprint density at radius 3 is 2.29 bits per heavy atom. The van der Waals surface area contributed by atoms with Crippen LogP contribution in [0.3, 0.4) is 0 Å². The molecule has 4 aromatic carbocycles. The maximum absolute atomic E-state index is 13.6. The lowest BCUT2D eigenvalue weighted by Crippen LogP contribution is -2.37. The van der Waals surface area contributed by atoms with Gasteiger partial charge in [-0.1, -0.05) is 59.6 Å². The van der Waals surface area contributed by atoms with Crippen molar-refractivity contribution >= 4 is 66.6 Å². The molecule has 5 aromatic rings. The Morgan fingerprint density at radius 2 is 1.55 bits per heavy atom. The molecule has 194 valence electrons. The van der Waals surface area contributed by atoms with Crippen molar-refractivity contribution in [3.05, 3.63) is 107 Å². The van der Waals surface area contributed by atoms with Crippen LogP contribution in [0.4, 0.5) is 5.69 Å². The summed E-state index contributed by atoms with van der Waals surface area (Å²) in [5.74, 6) is -0.465. The SMILES string of the molecule is CCn1c2ccccc2c2cc(NC(=O)CN(Cc3ccccc3Cl)S(=O)(=O)c3ccc(Cl)cc3)ccc21. The molecule has 9 heteroatoms. The normalized spacial score (nSPS) is 11.9. The highest BCUT2D eigenvalue weighted by Crippen LogP contribution is 2.31. The van der Waals surface area contributed by atoms with Gasteiger partial charge in [0.1, 0.15) is 0 Å². The Kier molecular flexibility index (Phi) is 7.45. The van der Waals surface area contributed by atoms with Crippen molar-refractivity contribution in [2.45, 2.75) is 24.9 Å². The summed E-state index contributed by atoms with van der Waals surface area (Å²) in [5, 5.41) is 5.82. The number of fused-ring (bicyclic) bond motifs is 3. The summed E-state index contributed by atoms with van der Waals surface area (Å²) in [4.78, 5) is 13.3. The van der Waals surface area contributed by atoms with Gasteiger partial charge in [0.05, 0.1) is 11.4 Å². The number of carbonyl (C=O) groups is 1. The van der Waals surface area contributed by atoms with Crippen molar-refractivity contribution in [1.82, 2.24) is 8.87 Å². The van der Waals surface area contributed by atoms with Crippen LogP contribution < -0.4 is 5.32 Å². The number of hydrogen-bond donors (Lipinski definition) is 1. The summed E-state index contributed by atoms with van der Waals surface area (Å²) in [7, 11) is -4.03. The van der Waals surface area contributed by atoms with Gasteiger partial charge >= 0.3 is 0 Å². The molecule has 0 saturated heterocycles. The van der Waals surface area contributed by atoms with E-state index in [9.17, 15) is 13.2 Å². The molecule has 0 radical (unpaired) electrons. The largest absolute Gasteiger partial charge is 0.341 e. The molecule has 0 aliphatic carbocycles. The average Bonchev–Trinajstić information content (AvgIpc) is 3.22. The maximum atomic E-state index is 13.6. The fraction of sp³-hybridized carbons (Fsp3) is 0.138. The van der Waals surface area contributed by atoms with Crippen LogP contribution in [-0.2, 0) is 27.9 Å². The molecule has 0 aliphatic rings. The summed E-state index contributed by atoms with van der Waals surface area (Å²) >= 11 is 12.3. The zero-order valence-electron chi connectivity index (χ0n) is 20.6. The van der Waals surface area contributed by atoms with Gasteiger partial charge in [0.15, 0.2) is 0 Å². The van der Waals surface area contributed by atoms with E-state index in [2.05, 4.69) is 28.9 Å². The molecule has 1 N–H and O–H groups in total. The van der Waals surface area contributed by atoms with E-state index in [-0.39, 0.29) is 11.4 Å². The zero-order valence-corrected chi connectivity index (χ0v) is 22.9. The molecular formula is C29H25Cl2N3O3S. The number of aromatic nitrogens is 1. The maximum Gasteiger partial charge on any atom is 0.243 e. The standard InChI is InChI=1S/C29H25Cl2N3O3S/c1-2-34-27-10-6-4-8-24(27)25-17-22(13-16-28(25)34)32-29(35)19-33(18-20-7-3-5-9-26(20)31)38(36,37)23-14-11-21(30)12-15-23/h3-17H,2,18-19H2,1H3,(H,32,35). The molecular weight excluding hydrogens is 541 g/mol. The molecule has 0 atom stereocenters. The number of sulfonamides is 1. The highest BCUT2D eigenvalue weighted by molar-refractivity contribution is 7.89. The number of benzene rings is 4. The zero-order chi connectivity index (χ0) is 26.9. The number of halogens is 2. The van der Waals surface area contributed by atoms with Gasteiger partial charge in [0, 0.05) is 50.6 Å². The van der Waals surface area contributed by atoms with Crippen molar-refractivity contribution in [2.75, 3.05) is 11.9 Å². The minimum absolute atomic E-state index is 0.0375. The lowest BCUT2D eigenvalue weighted by molar-refractivity contribution is -0.116. The van der Waals surface area contributed by atoms with Gasteiger partial charge in [0.2, 0.25) is 15.9 Å².